The molecule has 0 radical (unpaired) electrons. The molecule has 1 N–H and O–H groups in total. The van der Waals surface area contributed by atoms with Gasteiger partial charge < -0.3 is 5.32 Å². The highest BCUT2D eigenvalue weighted by Crippen LogP contribution is 2.33. The van der Waals surface area contributed by atoms with Crippen molar-refractivity contribution in [3.05, 3.63) is 46.1 Å². The molecule has 0 spiro atoms. The normalized spacial score (nSPS) is 18.0. The Morgan fingerprint density at radius 2 is 2.00 bits per heavy atom. The SMILES string of the molecule is Cc1ccc(C2CCNc3c(C)c(C)nn32)c(C)c1. The van der Waals surface area contributed by atoms with Crippen molar-refractivity contribution in [3.8, 4) is 0 Å². The second-order valence-corrected chi connectivity index (χ2v) is 5.59. The van der Waals surface area contributed by atoms with Crippen molar-refractivity contribution in [2.75, 3.05) is 11.9 Å². The molecule has 0 saturated carbocycles. The first-order valence-corrected chi connectivity index (χ1v) is 6.94. The summed E-state index contributed by atoms with van der Waals surface area (Å²) in [5.74, 6) is 1.19. The van der Waals surface area contributed by atoms with Crippen LogP contribution in [-0.4, -0.2) is 16.3 Å². The van der Waals surface area contributed by atoms with Gasteiger partial charge >= 0.3 is 0 Å². The van der Waals surface area contributed by atoms with E-state index in [-0.39, 0.29) is 0 Å². The van der Waals surface area contributed by atoms with Crippen LogP contribution in [0.3, 0.4) is 0 Å². The number of hydrogen-bond acceptors (Lipinski definition) is 2. The number of anilines is 1. The zero-order valence-electron chi connectivity index (χ0n) is 12.1. The first kappa shape index (κ1) is 12.3. The topological polar surface area (TPSA) is 29.9 Å². The molecule has 2 heterocycles. The van der Waals surface area contributed by atoms with Crippen molar-refractivity contribution < 1.29 is 0 Å². The van der Waals surface area contributed by atoms with Crippen LogP contribution in [0.5, 0.6) is 0 Å². The van der Waals surface area contributed by atoms with E-state index in [1.54, 1.807) is 0 Å². The lowest BCUT2D eigenvalue weighted by Gasteiger charge is -2.27. The number of benzene rings is 1. The molecule has 1 unspecified atom stereocenters. The highest BCUT2D eigenvalue weighted by Gasteiger charge is 2.25. The third-order valence-electron chi connectivity index (χ3n) is 4.17. The fourth-order valence-electron chi connectivity index (χ4n) is 3.01. The van der Waals surface area contributed by atoms with Crippen molar-refractivity contribution in [2.24, 2.45) is 0 Å². The van der Waals surface area contributed by atoms with Crippen LogP contribution >= 0.6 is 0 Å². The third kappa shape index (κ3) is 1.93. The van der Waals surface area contributed by atoms with Gasteiger partial charge in [-0.3, -0.25) is 0 Å². The fourth-order valence-corrected chi connectivity index (χ4v) is 3.01. The standard InChI is InChI=1S/C16H21N3/c1-10-5-6-14(11(2)9-10)15-7-8-17-16-12(3)13(4)18-19(15)16/h5-6,9,15,17H,7-8H2,1-4H3. The van der Waals surface area contributed by atoms with Crippen LogP contribution in [0, 0.1) is 27.7 Å². The summed E-state index contributed by atoms with van der Waals surface area (Å²) in [6.07, 6.45) is 1.09. The van der Waals surface area contributed by atoms with Gasteiger partial charge in [0, 0.05) is 12.1 Å². The molecule has 0 bridgehead atoms. The van der Waals surface area contributed by atoms with Crippen molar-refractivity contribution in [1.82, 2.24) is 9.78 Å². The summed E-state index contributed by atoms with van der Waals surface area (Å²) in [6.45, 7) is 9.59. The largest absolute Gasteiger partial charge is 0.370 e. The van der Waals surface area contributed by atoms with Crippen LogP contribution in [0.25, 0.3) is 0 Å². The molecule has 0 fully saturated rings. The van der Waals surface area contributed by atoms with Gasteiger partial charge in [0.1, 0.15) is 5.82 Å². The second-order valence-electron chi connectivity index (χ2n) is 5.59. The number of aromatic nitrogens is 2. The number of rotatable bonds is 1. The number of fused-ring (bicyclic) bond motifs is 1. The minimum Gasteiger partial charge on any atom is -0.370 e. The van der Waals surface area contributed by atoms with E-state index in [4.69, 9.17) is 5.10 Å². The molecule has 1 aromatic heterocycles. The molecule has 0 aliphatic carbocycles. The predicted molar refractivity (Wildman–Crippen MR) is 78.9 cm³/mol. The summed E-state index contributed by atoms with van der Waals surface area (Å²) < 4.78 is 2.17. The van der Waals surface area contributed by atoms with Crippen LogP contribution in [-0.2, 0) is 0 Å². The summed E-state index contributed by atoms with van der Waals surface area (Å²) in [5.41, 5.74) is 6.48. The second kappa shape index (κ2) is 4.41. The molecule has 1 aliphatic heterocycles. The van der Waals surface area contributed by atoms with Gasteiger partial charge in [-0.15, -0.1) is 0 Å². The molecule has 0 amide bonds. The van der Waals surface area contributed by atoms with Crippen LogP contribution in [0.2, 0.25) is 0 Å². The van der Waals surface area contributed by atoms with Gasteiger partial charge in [-0.2, -0.15) is 5.10 Å². The zero-order valence-corrected chi connectivity index (χ0v) is 12.1. The Morgan fingerprint density at radius 3 is 2.74 bits per heavy atom. The van der Waals surface area contributed by atoms with E-state index in [1.807, 2.05) is 0 Å². The summed E-state index contributed by atoms with van der Waals surface area (Å²) in [6, 6.07) is 7.09. The van der Waals surface area contributed by atoms with Gasteiger partial charge in [0.25, 0.3) is 0 Å². The lowest BCUT2D eigenvalue weighted by molar-refractivity contribution is 0.477. The van der Waals surface area contributed by atoms with E-state index in [2.05, 4.69) is 55.9 Å². The Labute approximate surface area is 114 Å². The zero-order chi connectivity index (χ0) is 13.6. The Kier molecular flexibility index (Phi) is 2.85. The number of hydrogen-bond donors (Lipinski definition) is 1. The van der Waals surface area contributed by atoms with Crippen LogP contribution < -0.4 is 5.32 Å². The predicted octanol–water partition coefficient (Wildman–Crippen LogP) is 3.52. The van der Waals surface area contributed by atoms with Crippen molar-refractivity contribution >= 4 is 5.82 Å². The smallest absolute Gasteiger partial charge is 0.128 e. The molecule has 100 valence electrons. The Bertz CT molecular complexity index is 625. The first-order valence-electron chi connectivity index (χ1n) is 6.94. The van der Waals surface area contributed by atoms with E-state index in [9.17, 15) is 0 Å². The molecule has 0 saturated heterocycles. The summed E-state index contributed by atoms with van der Waals surface area (Å²) in [4.78, 5) is 0. The summed E-state index contributed by atoms with van der Waals surface area (Å²) in [7, 11) is 0. The van der Waals surface area contributed by atoms with E-state index in [0.717, 1.165) is 18.7 Å². The summed E-state index contributed by atoms with van der Waals surface area (Å²) >= 11 is 0. The quantitative estimate of drug-likeness (QED) is 0.845. The average molecular weight is 255 g/mol. The Morgan fingerprint density at radius 1 is 1.21 bits per heavy atom. The Hall–Kier alpha value is -1.77. The van der Waals surface area contributed by atoms with E-state index in [0.29, 0.717) is 6.04 Å². The van der Waals surface area contributed by atoms with E-state index in [1.165, 1.54) is 28.1 Å². The number of nitrogens with one attached hydrogen (secondary N) is 1. The lowest BCUT2D eigenvalue weighted by Crippen LogP contribution is -2.25. The fraction of sp³-hybridized carbons (Fsp3) is 0.438. The molecule has 1 aromatic carbocycles. The molecule has 3 nitrogen and oxygen atoms in total. The maximum atomic E-state index is 4.73. The number of aryl methyl sites for hydroxylation is 3. The molecule has 2 aromatic rings. The highest BCUT2D eigenvalue weighted by molar-refractivity contribution is 5.50. The van der Waals surface area contributed by atoms with Crippen molar-refractivity contribution in [3.63, 3.8) is 0 Å². The monoisotopic (exact) mass is 255 g/mol. The number of nitrogens with zero attached hydrogens (tertiary/aromatic N) is 2. The van der Waals surface area contributed by atoms with Gasteiger partial charge in [0.05, 0.1) is 11.7 Å². The third-order valence-corrected chi connectivity index (χ3v) is 4.17. The van der Waals surface area contributed by atoms with Gasteiger partial charge in [-0.25, -0.2) is 4.68 Å². The lowest BCUT2D eigenvalue weighted by atomic mass is 9.96. The van der Waals surface area contributed by atoms with E-state index >= 15 is 0 Å². The molecule has 19 heavy (non-hydrogen) atoms. The molecular formula is C16H21N3. The van der Waals surface area contributed by atoms with Crippen molar-refractivity contribution in [2.45, 2.75) is 40.2 Å². The maximum Gasteiger partial charge on any atom is 0.128 e. The van der Waals surface area contributed by atoms with Crippen LogP contribution in [0.4, 0.5) is 5.82 Å². The minimum atomic E-state index is 0.365. The summed E-state index contributed by atoms with van der Waals surface area (Å²) in [5, 5.41) is 8.21. The van der Waals surface area contributed by atoms with Crippen LogP contribution in [0.1, 0.15) is 40.4 Å². The molecule has 1 aliphatic rings. The van der Waals surface area contributed by atoms with E-state index < -0.39 is 0 Å². The molecular weight excluding hydrogens is 234 g/mol. The first-order chi connectivity index (χ1) is 9.08. The minimum absolute atomic E-state index is 0.365. The Balaban J connectivity index is 2.11. The van der Waals surface area contributed by atoms with Gasteiger partial charge in [0.15, 0.2) is 0 Å². The van der Waals surface area contributed by atoms with Gasteiger partial charge in [-0.1, -0.05) is 23.8 Å². The molecule has 1 atom stereocenters. The average Bonchev–Trinajstić information content (AvgIpc) is 2.66. The van der Waals surface area contributed by atoms with Crippen LogP contribution in [0.15, 0.2) is 18.2 Å². The maximum absolute atomic E-state index is 4.73. The van der Waals surface area contributed by atoms with Gasteiger partial charge in [0.2, 0.25) is 0 Å². The molecule has 3 rings (SSSR count). The highest BCUT2D eigenvalue weighted by atomic mass is 15.4. The molecule has 3 heteroatoms. The van der Waals surface area contributed by atoms with Gasteiger partial charge in [-0.05, 0) is 45.2 Å². The van der Waals surface area contributed by atoms with Crippen molar-refractivity contribution in [1.29, 1.82) is 0 Å².